The van der Waals surface area contributed by atoms with Crippen molar-refractivity contribution >= 4 is 49.1 Å². The van der Waals surface area contributed by atoms with E-state index in [-0.39, 0.29) is 10.5 Å². The molecule has 0 saturated carbocycles. The van der Waals surface area contributed by atoms with Gasteiger partial charge in [0.15, 0.2) is 0 Å². The Bertz CT molecular complexity index is 1020. The Balaban J connectivity index is 1.83. The Labute approximate surface area is 156 Å². The van der Waals surface area contributed by atoms with Crippen LogP contribution >= 0.6 is 27.5 Å². The van der Waals surface area contributed by atoms with Crippen LogP contribution in [-0.2, 0) is 10.0 Å². The van der Waals surface area contributed by atoms with Gasteiger partial charge in [-0.2, -0.15) is 0 Å². The summed E-state index contributed by atoms with van der Waals surface area (Å²) >= 11 is 4.49. The first-order valence-electron chi connectivity index (χ1n) is 6.86. The summed E-state index contributed by atoms with van der Waals surface area (Å²) in [5.41, 5.74) is 2.36. The van der Waals surface area contributed by atoms with Gasteiger partial charge in [0.05, 0.1) is 10.5 Å². The molecule has 0 aliphatic rings. The third-order valence-corrected chi connectivity index (χ3v) is 5.42. The van der Waals surface area contributed by atoms with Crippen LogP contribution in [0.5, 0.6) is 0 Å². The molecule has 3 N–H and O–H groups in total. The van der Waals surface area contributed by atoms with Crippen molar-refractivity contribution in [1.82, 2.24) is 9.59 Å². The van der Waals surface area contributed by atoms with Crippen molar-refractivity contribution in [2.45, 2.75) is 4.90 Å². The van der Waals surface area contributed by atoms with Crippen LogP contribution in [0.3, 0.4) is 0 Å². The summed E-state index contributed by atoms with van der Waals surface area (Å²) in [6.07, 6.45) is 0. The molecule has 0 aliphatic carbocycles. The summed E-state index contributed by atoms with van der Waals surface area (Å²) in [6, 6.07) is 11.1. The van der Waals surface area contributed by atoms with Crippen LogP contribution in [0.4, 0.5) is 5.69 Å². The lowest BCUT2D eigenvalue weighted by Crippen LogP contribution is -2.16. The largest absolute Gasteiger partial charge is 0.322 e. The molecule has 0 fully saturated rings. The Morgan fingerprint density at radius 2 is 1.88 bits per heavy atom. The zero-order chi connectivity index (χ0) is 18.0. The van der Waals surface area contributed by atoms with Gasteiger partial charge < -0.3 is 5.32 Å². The van der Waals surface area contributed by atoms with Crippen molar-refractivity contribution in [2.24, 2.45) is 5.14 Å². The number of rotatable bonds is 4. The second kappa shape index (κ2) is 7.00. The Morgan fingerprint density at radius 3 is 2.48 bits per heavy atom. The fraction of sp³-hybridized carbons (Fsp3) is 0. The van der Waals surface area contributed by atoms with Crippen LogP contribution in [0.2, 0.25) is 0 Å². The van der Waals surface area contributed by atoms with E-state index in [0.29, 0.717) is 10.2 Å². The van der Waals surface area contributed by atoms with Crippen molar-refractivity contribution in [1.29, 1.82) is 0 Å². The molecule has 0 unspecified atom stereocenters. The van der Waals surface area contributed by atoms with Crippen LogP contribution in [-0.4, -0.2) is 23.9 Å². The van der Waals surface area contributed by atoms with Crippen LogP contribution in [0.1, 0.15) is 10.4 Å². The molecule has 0 radical (unpaired) electrons. The molecule has 7 nitrogen and oxygen atoms in total. The molecule has 3 aromatic rings. The molecular formula is C15H11BrN4O3S2. The molecule has 1 aromatic heterocycles. The average molecular weight is 439 g/mol. The lowest BCUT2D eigenvalue weighted by atomic mass is 10.1. The summed E-state index contributed by atoms with van der Waals surface area (Å²) in [6.45, 7) is 0. The lowest BCUT2D eigenvalue weighted by molar-refractivity contribution is 0.102. The minimum atomic E-state index is -3.89. The molecule has 1 amide bonds. The highest BCUT2D eigenvalue weighted by Crippen LogP contribution is 2.23. The third-order valence-electron chi connectivity index (χ3n) is 3.31. The monoisotopic (exact) mass is 438 g/mol. The Hall–Kier alpha value is -2.14. The second-order valence-electron chi connectivity index (χ2n) is 5.01. The fourth-order valence-electron chi connectivity index (χ4n) is 2.07. The topological polar surface area (TPSA) is 115 Å². The number of anilines is 1. The zero-order valence-corrected chi connectivity index (χ0v) is 15.7. The number of sulfonamides is 1. The zero-order valence-electron chi connectivity index (χ0n) is 12.5. The van der Waals surface area contributed by atoms with E-state index in [9.17, 15) is 13.2 Å². The predicted octanol–water partition coefficient (Wildman–Crippen LogP) is 2.87. The van der Waals surface area contributed by atoms with E-state index in [1.807, 2.05) is 17.5 Å². The SMILES string of the molecule is NS(=O)(=O)c1ccc(Br)c(C(=O)Nc2ccc(-c3csnn3)cc2)c1. The van der Waals surface area contributed by atoms with E-state index in [1.54, 1.807) is 12.1 Å². The highest BCUT2D eigenvalue weighted by Gasteiger charge is 2.16. The molecule has 25 heavy (non-hydrogen) atoms. The molecule has 2 aromatic carbocycles. The van der Waals surface area contributed by atoms with Crippen molar-refractivity contribution in [2.75, 3.05) is 5.32 Å². The van der Waals surface area contributed by atoms with E-state index < -0.39 is 15.9 Å². The van der Waals surface area contributed by atoms with Gasteiger partial charge in [-0.3, -0.25) is 4.79 Å². The van der Waals surface area contributed by atoms with Gasteiger partial charge >= 0.3 is 0 Å². The number of benzene rings is 2. The number of nitrogens with zero attached hydrogens (tertiary/aromatic N) is 2. The molecule has 0 aliphatic heterocycles. The number of amides is 1. The number of carbonyl (C=O) groups excluding carboxylic acids is 1. The van der Waals surface area contributed by atoms with Crippen molar-refractivity contribution in [3.63, 3.8) is 0 Å². The standard InChI is InChI=1S/C15H11BrN4O3S2/c16-13-6-5-11(25(17,22)23)7-12(13)15(21)18-10-3-1-9(2-4-10)14-8-24-20-19-14/h1-8H,(H,18,21)(H2,17,22,23). The van der Waals surface area contributed by atoms with E-state index in [2.05, 4.69) is 30.8 Å². The third kappa shape index (κ3) is 4.10. The van der Waals surface area contributed by atoms with E-state index in [1.165, 1.54) is 29.7 Å². The van der Waals surface area contributed by atoms with Gasteiger partial charge in [-0.15, -0.1) is 5.10 Å². The minimum absolute atomic E-state index is 0.132. The first kappa shape index (κ1) is 17.7. The van der Waals surface area contributed by atoms with Crippen LogP contribution in [0.25, 0.3) is 11.3 Å². The summed E-state index contributed by atoms with van der Waals surface area (Å²) in [5.74, 6) is -0.458. The highest BCUT2D eigenvalue weighted by atomic mass is 79.9. The number of nitrogens with two attached hydrogens (primary N) is 1. The Morgan fingerprint density at radius 1 is 1.16 bits per heavy atom. The quantitative estimate of drug-likeness (QED) is 0.649. The number of hydrogen-bond donors (Lipinski definition) is 2. The van der Waals surface area contributed by atoms with Crippen molar-refractivity contribution in [3.8, 4) is 11.3 Å². The second-order valence-corrected chi connectivity index (χ2v) is 8.03. The highest BCUT2D eigenvalue weighted by molar-refractivity contribution is 9.10. The number of aromatic nitrogens is 2. The summed E-state index contributed by atoms with van der Waals surface area (Å²) in [4.78, 5) is 12.3. The van der Waals surface area contributed by atoms with E-state index in [4.69, 9.17) is 5.14 Å². The maximum atomic E-state index is 12.4. The summed E-state index contributed by atoms with van der Waals surface area (Å²) in [7, 11) is -3.89. The fourth-order valence-corrected chi connectivity index (χ4v) is 3.50. The van der Waals surface area contributed by atoms with Gasteiger partial charge in [0.1, 0.15) is 5.69 Å². The Kier molecular flexibility index (Phi) is 4.95. The van der Waals surface area contributed by atoms with E-state index in [0.717, 1.165) is 11.3 Å². The molecule has 0 spiro atoms. The van der Waals surface area contributed by atoms with Gasteiger partial charge in [-0.05, 0) is 57.8 Å². The smallest absolute Gasteiger partial charge is 0.256 e. The van der Waals surface area contributed by atoms with Gasteiger partial charge in [0.2, 0.25) is 10.0 Å². The van der Waals surface area contributed by atoms with Gasteiger partial charge in [-0.25, -0.2) is 13.6 Å². The molecular weight excluding hydrogens is 428 g/mol. The lowest BCUT2D eigenvalue weighted by Gasteiger charge is -2.09. The summed E-state index contributed by atoms with van der Waals surface area (Å²) < 4.78 is 27.2. The van der Waals surface area contributed by atoms with Crippen molar-refractivity contribution < 1.29 is 13.2 Å². The molecule has 0 saturated heterocycles. The maximum Gasteiger partial charge on any atom is 0.256 e. The van der Waals surface area contributed by atoms with E-state index >= 15 is 0 Å². The molecule has 10 heteroatoms. The average Bonchev–Trinajstić information content (AvgIpc) is 3.09. The van der Waals surface area contributed by atoms with Crippen molar-refractivity contribution in [3.05, 3.63) is 57.9 Å². The number of halogens is 1. The first-order chi connectivity index (χ1) is 11.8. The predicted molar refractivity (Wildman–Crippen MR) is 98.8 cm³/mol. The minimum Gasteiger partial charge on any atom is -0.322 e. The number of carbonyl (C=O) groups is 1. The normalized spacial score (nSPS) is 11.3. The number of hydrogen-bond acceptors (Lipinski definition) is 6. The molecule has 0 atom stereocenters. The van der Waals surface area contributed by atoms with Crippen LogP contribution in [0.15, 0.2) is 57.2 Å². The summed E-state index contributed by atoms with van der Waals surface area (Å²) in [5, 5.41) is 13.6. The molecule has 128 valence electrons. The van der Waals surface area contributed by atoms with Gasteiger partial charge in [0, 0.05) is 21.1 Å². The number of primary sulfonamides is 1. The number of nitrogens with one attached hydrogen (secondary N) is 1. The van der Waals surface area contributed by atoms with Crippen LogP contribution in [0, 0.1) is 0 Å². The maximum absolute atomic E-state index is 12.4. The molecule has 3 rings (SSSR count). The van der Waals surface area contributed by atoms with Gasteiger partial charge in [0.25, 0.3) is 5.91 Å². The first-order valence-corrected chi connectivity index (χ1v) is 10.0. The molecule has 0 bridgehead atoms. The molecule has 1 heterocycles. The van der Waals surface area contributed by atoms with Crippen LogP contribution < -0.4 is 10.5 Å². The van der Waals surface area contributed by atoms with Gasteiger partial charge in [-0.1, -0.05) is 16.6 Å².